The molecule has 1 unspecified atom stereocenters. The van der Waals surface area contributed by atoms with Gasteiger partial charge in [-0.2, -0.15) is 0 Å². The van der Waals surface area contributed by atoms with E-state index in [0.717, 1.165) is 19.4 Å². The smallest absolute Gasteiger partial charge is 0.253 e. The molecule has 2 amide bonds. The lowest BCUT2D eigenvalue weighted by Gasteiger charge is -2.15. The van der Waals surface area contributed by atoms with Crippen LogP contribution in [0.3, 0.4) is 0 Å². The van der Waals surface area contributed by atoms with Gasteiger partial charge in [-0.1, -0.05) is 23.7 Å². The van der Waals surface area contributed by atoms with Crippen LogP contribution in [-0.4, -0.2) is 44.3 Å². The fraction of sp³-hybridized carbons (Fsp3) is 0.360. The summed E-state index contributed by atoms with van der Waals surface area (Å²) in [7, 11) is 1.53. The number of carbonyl (C=O) groups excluding carboxylic acids is 2. The first-order chi connectivity index (χ1) is 15.9. The Hall–Kier alpha value is -3.03. The van der Waals surface area contributed by atoms with E-state index in [0.29, 0.717) is 39.9 Å². The largest absolute Gasteiger partial charge is 0.493 e. The SMILES string of the molecule is COc1cc(/C=C/C(=O)Nc2ccccc2C(=O)NCC2CCCO2)cc(Cl)c1OC(C)C. The minimum Gasteiger partial charge on any atom is -0.493 e. The standard InChI is InChI=1S/C25H29ClN2O5/c1-16(2)33-24-20(26)13-17(14-22(24)31-3)10-11-23(29)28-21-9-5-4-8-19(21)25(30)27-15-18-7-6-12-32-18/h4-5,8-11,13-14,16,18H,6-7,12,15H2,1-3H3,(H,27,30)(H,28,29)/b11-10+. The number of hydrogen-bond donors (Lipinski definition) is 2. The molecule has 1 aliphatic heterocycles. The number of rotatable bonds is 9. The Balaban J connectivity index is 1.67. The number of carbonyl (C=O) groups is 2. The van der Waals surface area contributed by atoms with Crippen LogP contribution in [0.1, 0.15) is 42.6 Å². The first-order valence-corrected chi connectivity index (χ1v) is 11.3. The van der Waals surface area contributed by atoms with Gasteiger partial charge in [-0.05, 0) is 62.6 Å². The van der Waals surface area contributed by atoms with Gasteiger partial charge in [-0.3, -0.25) is 9.59 Å². The van der Waals surface area contributed by atoms with Gasteiger partial charge in [0.25, 0.3) is 5.91 Å². The molecule has 0 aliphatic carbocycles. The van der Waals surface area contributed by atoms with E-state index in [1.807, 2.05) is 13.8 Å². The predicted molar refractivity (Wildman–Crippen MR) is 129 cm³/mol. The Morgan fingerprint density at radius 2 is 2.06 bits per heavy atom. The van der Waals surface area contributed by atoms with Crippen molar-refractivity contribution in [3.05, 3.63) is 58.6 Å². The zero-order valence-corrected chi connectivity index (χ0v) is 19.8. The number of benzene rings is 2. The molecule has 0 spiro atoms. The number of nitrogens with one attached hydrogen (secondary N) is 2. The van der Waals surface area contributed by atoms with Gasteiger partial charge < -0.3 is 24.8 Å². The third kappa shape index (κ3) is 6.97. The highest BCUT2D eigenvalue weighted by molar-refractivity contribution is 6.32. The Morgan fingerprint density at radius 1 is 1.27 bits per heavy atom. The van der Waals surface area contributed by atoms with Crippen LogP contribution in [0, 0.1) is 0 Å². The Bertz CT molecular complexity index is 1020. The fourth-order valence-electron chi connectivity index (χ4n) is 3.43. The maximum atomic E-state index is 12.6. The summed E-state index contributed by atoms with van der Waals surface area (Å²) in [6.45, 7) is 4.97. The van der Waals surface area contributed by atoms with Crippen LogP contribution in [0.15, 0.2) is 42.5 Å². The summed E-state index contributed by atoms with van der Waals surface area (Å²) in [6, 6.07) is 10.3. The lowest BCUT2D eigenvalue weighted by molar-refractivity contribution is -0.111. The summed E-state index contributed by atoms with van der Waals surface area (Å²) in [5.41, 5.74) is 1.48. The molecule has 2 aromatic rings. The van der Waals surface area contributed by atoms with Gasteiger partial charge in [-0.25, -0.2) is 0 Å². The molecule has 1 atom stereocenters. The Kier molecular flexibility index (Phi) is 8.74. The van der Waals surface area contributed by atoms with E-state index < -0.39 is 0 Å². The average Bonchev–Trinajstić information content (AvgIpc) is 3.31. The molecular weight excluding hydrogens is 444 g/mol. The molecule has 0 bridgehead atoms. The van der Waals surface area contributed by atoms with E-state index in [1.54, 1.807) is 42.5 Å². The lowest BCUT2D eigenvalue weighted by Crippen LogP contribution is -2.32. The van der Waals surface area contributed by atoms with Crippen LogP contribution in [-0.2, 0) is 9.53 Å². The monoisotopic (exact) mass is 472 g/mol. The molecule has 2 N–H and O–H groups in total. The molecule has 0 aromatic heterocycles. The molecule has 1 heterocycles. The van der Waals surface area contributed by atoms with Gasteiger partial charge in [-0.15, -0.1) is 0 Å². The maximum Gasteiger partial charge on any atom is 0.253 e. The van der Waals surface area contributed by atoms with Gasteiger partial charge in [0, 0.05) is 19.2 Å². The van der Waals surface area contributed by atoms with Crippen molar-refractivity contribution in [3.63, 3.8) is 0 Å². The number of ether oxygens (including phenoxy) is 3. The highest BCUT2D eigenvalue weighted by Gasteiger charge is 2.18. The lowest BCUT2D eigenvalue weighted by atomic mass is 10.1. The second-order valence-corrected chi connectivity index (χ2v) is 8.32. The first-order valence-electron chi connectivity index (χ1n) is 10.9. The van der Waals surface area contributed by atoms with Crippen molar-refractivity contribution >= 4 is 35.2 Å². The normalized spacial score (nSPS) is 15.6. The summed E-state index contributed by atoms with van der Waals surface area (Å²) in [5.74, 6) is 0.290. The third-order valence-electron chi connectivity index (χ3n) is 4.98. The molecular formula is C25H29ClN2O5. The molecule has 1 fully saturated rings. The van der Waals surface area contributed by atoms with E-state index in [2.05, 4.69) is 10.6 Å². The van der Waals surface area contributed by atoms with Crippen molar-refractivity contribution in [1.29, 1.82) is 0 Å². The van der Waals surface area contributed by atoms with Crippen LogP contribution >= 0.6 is 11.6 Å². The van der Waals surface area contributed by atoms with Crippen molar-refractivity contribution in [3.8, 4) is 11.5 Å². The summed E-state index contributed by atoms with van der Waals surface area (Å²) >= 11 is 6.34. The molecule has 7 nitrogen and oxygen atoms in total. The summed E-state index contributed by atoms with van der Waals surface area (Å²) in [5, 5.41) is 6.03. The van der Waals surface area contributed by atoms with Crippen molar-refractivity contribution in [1.82, 2.24) is 5.32 Å². The van der Waals surface area contributed by atoms with E-state index in [4.69, 9.17) is 25.8 Å². The number of para-hydroxylation sites is 1. The topological polar surface area (TPSA) is 85.9 Å². The maximum absolute atomic E-state index is 12.6. The van der Waals surface area contributed by atoms with Crippen molar-refractivity contribution < 1.29 is 23.8 Å². The van der Waals surface area contributed by atoms with Crippen LogP contribution in [0.2, 0.25) is 5.02 Å². The molecule has 33 heavy (non-hydrogen) atoms. The zero-order chi connectivity index (χ0) is 23.8. The second kappa shape index (κ2) is 11.7. The minimum atomic E-state index is -0.382. The molecule has 0 saturated carbocycles. The molecule has 1 aliphatic rings. The fourth-order valence-corrected chi connectivity index (χ4v) is 3.69. The van der Waals surface area contributed by atoms with Crippen molar-refractivity contribution in [2.75, 3.05) is 25.6 Å². The number of amides is 2. The summed E-state index contributed by atoms with van der Waals surface area (Å²) in [6.07, 6.45) is 4.90. The average molecular weight is 473 g/mol. The van der Waals surface area contributed by atoms with Crippen LogP contribution in [0.4, 0.5) is 5.69 Å². The van der Waals surface area contributed by atoms with Crippen molar-refractivity contribution in [2.24, 2.45) is 0 Å². The Morgan fingerprint density at radius 3 is 2.76 bits per heavy atom. The quantitative estimate of drug-likeness (QED) is 0.517. The van der Waals surface area contributed by atoms with E-state index in [9.17, 15) is 9.59 Å². The number of hydrogen-bond acceptors (Lipinski definition) is 5. The number of methoxy groups -OCH3 is 1. The molecule has 8 heteroatoms. The van der Waals surface area contributed by atoms with Gasteiger partial charge in [0.05, 0.1) is 35.6 Å². The van der Waals surface area contributed by atoms with Gasteiger partial charge in [0.2, 0.25) is 5.91 Å². The van der Waals surface area contributed by atoms with Crippen molar-refractivity contribution in [2.45, 2.75) is 38.9 Å². The highest BCUT2D eigenvalue weighted by atomic mass is 35.5. The summed E-state index contributed by atoms with van der Waals surface area (Å²) < 4.78 is 16.6. The van der Waals surface area contributed by atoms with Gasteiger partial charge in [0.1, 0.15) is 0 Å². The highest BCUT2D eigenvalue weighted by Crippen LogP contribution is 2.37. The van der Waals surface area contributed by atoms with Crippen LogP contribution < -0.4 is 20.1 Å². The molecule has 0 radical (unpaired) electrons. The minimum absolute atomic E-state index is 0.0415. The number of halogens is 1. The van der Waals surface area contributed by atoms with E-state index in [-0.39, 0.29) is 24.0 Å². The van der Waals surface area contributed by atoms with Gasteiger partial charge in [0.15, 0.2) is 11.5 Å². The summed E-state index contributed by atoms with van der Waals surface area (Å²) in [4.78, 5) is 25.2. The molecule has 176 valence electrons. The zero-order valence-electron chi connectivity index (χ0n) is 19.0. The molecule has 2 aromatic carbocycles. The Labute approximate surface area is 199 Å². The van der Waals surface area contributed by atoms with Crippen LogP contribution in [0.5, 0.6) is 11.5 Å². The van der Waals surface area contributed by atoms with E-state index in [1.165, 1.54) is 13.2 Å². The second-order valence-electron chi connectivity index (χ2n) is 7.91. The number of anilines is 1. The molecule has 1 saturated heterocycles. The third-order valence-corrected chi connectivity index (χ3v) is 5.26. The van der Waals surface area contributed by atoms with E-state index >= 15 is 0 Å². The van der Waals surface area contributed by atoms with Crippen LogP contribution in [0.25, 0.3) is 6.08 Å². The molecule has 3 rings (SSSR count). The van der Waals surface area contributed by atoms with Gasteiger partial charge >= 0.3 is 0 Å². The first kappa shape index (κ1) is 24.6. The predicted octanol–water partition coefficient (Wildman–Crippen LogP) is 4.70.